The van der Waals surface area contributed by atoms with Crippen LogP contribution in [0.3, 0.4) is 0 Å². The van der Waals surface area contributed by atoms with Gasteiger partial charge in [-0.25, -0.2) is 0 Å². The molecule has 130 valence electrons. The van der Waals surface area contributed by atoms with Crippen LogP contribution in [0.4, 0.5) is 0 Å². The van der Waals surface area contributed by atoms with Gasteiger partial charge >= 0.3 is 28.7 Å². The van der Waals surface area contributed by atoms with E-state index >= 15 is 0 Å². The molecule has 23 heavy (non-hydrogen) atoms. The Morgan fingerprint density at radius 1 is 0.739 bits per heavy atom. The molecule has 0 aromatic carbocycles. The van der Waals surface area contributed by atoms with Gasteiger partial charge in [0.05, 0.1) is 0 Å². The summed E-state index contributed by atoms with van der Waals surface area (Å²) in [6.07, 6.45) is 7.50. The third kappa shape index (κ3) is 16.2. The fraction of sp³-hybridized carbons (Fsp3) is 0.474. The molecule has 3 rings (SSSR count). The first-order chi connectivity index (χ1) is 10.1. The molecular formula is C19H33ClN2Ti. The molecule has 0 aliphatic heterocycles. The SMILES string of the molecule is C1CCCC1.Cc1ccc(C)[n-]1.Cc1ccc(C)[nH]1.[CH3-].[CH3-].[Cl][Ti+3]. The Morgan fingerprint density at radius 2 is 1.04 bits per heavy atom. The van der Waals surface area contributed by atoms with Gasteiger partial charge in [0, 0.05) is 11.4 Å². The molecule has 0 unspecified atom stereocenters. The summed E-state index contributed by atoms with van der Waals surface area (Å²) >= 11 is 1.47. The summed E-state index contributed by atoms with van der Waals surface area (Å²) in [7, 11) is 4.64. The topological polar surface area (TPSA) is 29.9 Å². The van der Waals surface area contributed by atoms with Gasteiger partial charge in [-0.2, -0.15) is 11.4 Å². The van der Waals surface area contributed by atoms with Crippen molar-refractivity contribution < 1.29 is 19.4 Å². The van der Waals surface area contributed by atoms with Gasteiger partial charge in [-0.05, 0) is 26.0 Å². The van der Waals surface area contributed by atoms with Crippen LogP contribution < -0.4 is 4.98 Å². The van der Waals surface area contributed by atoms with Crippen LogP contribution in [0.5, 0.6) is 0 Å². The normalized spacial score (nSPS) is 11.3. The standard InChI is InChI=1S/C6H9N.C6H8N.C5H10.2CH3.ClH.Ti/c2*1-5-3-4-6(2)7-5;1-2-4-5-3-1;;;;/h3-4,7H,1-2H3;3-4H,1-2H3;1-5H2;2*1H3;1H;/q;-1;;2*-1;;+4/p-1. The zero-order valence-corrected chi connectivity index (χ0v) is 18.0. The van der Waals surface area contributed by atoms with Crippen molar-refractivity contribution in [3.63, 3.8) is 0 Å². The predicted octanol–water partition coefficient (Wildman–Crippen LogP) is 6.43. The third-order valence-corrected chi connectivity index (χ3v) is 3.15. The number of nitrogens with one attached hydrogen (secondary N) is 1. The molecule has 1 aliphatic carbocycles. The zero-order valence-electron chi connectivity index (χ0n) is 15.7. The van der Waals surface area contributed by atoms with Crippen LogP contribution in [0.15, 0.2) is 24.3 Å². The first-order valence-electron chi connectivity index (χ1n) is 7.46. The molecule has 1 N–H and O–H groups in total. The second kappa shape index (κ2) is 17.9. The number of hydrogen-bond donors (Lipinski definition) is 1. The second-order valence-corrected chi connectivity index (χ2v) is 5.32. The van der Waals surface area contributed by atoms with Crippen molar-refractivity contribution in [3.05, 3.63) is 61.9 Å². The van der Waals surface area contributed by atoms with Gasteiger partial charge in [0.2, 0.25) is 0 Å². The molecule has 1 fully saturated rings. The Hall–Kier alpha value is -0.436. The van der Waals surface area contributed by atoms with E-state index in [-0.39, 0.29) is 14.9 Å². The first-order valence-corrected chi connectivity index (χ1v) is 9.61. The number of rotatable bonds is 0. The summed E-state index contributed by atoms with van der Waals surface area (Å²) in [4.78, 5) is 7.25. The van der Waals surface area contributed by atoms with Crippen LogP contribution in [0.2, 0.25) is 0 Å². The number of aromatic nitrogens is 2. The summed E-state index contributed by atoms with van der Waals surface area (Å²) in [6, 6.07) is 8.15. The molecule has 2 aromatic heterocycles. The summed E-state index contributed by atoms with van der Waals surface area (Å²) in [5.41, 5.74) is 4.69. The van der Waals surface area contributed by atoms with Gasteiger partial charge < -0.3 is 24.8 Å². The molecule has 1 saturated carbocycles. The number of aromatic amines is 1. The average molecular weight is 373 g/mol. The molecule has 0 saturated heterocycles. The maximum atomic E-state index is 4.64. The minimum atomic E-state index is 0. The Morgan fingerprint density at radius 3 is 1.17 bits per heavy atom. The fourth-order valence-corrected chi connectivity index (χ4v) is 2.12. The van der Waals surface area contributed by atoms with E-state index in [0.717, 1.165) is 11.4 Å². The van der Waals surface area contributed by atoms with E-state index in [0.29, 0.717) is 0 Å². The Balaban J connectivity index is -0.000000240. The van der Waals surface area contributed by atoms with Gasteiger partial charge in [-0.1, -0.05) is 58.1 Å². The van der Waals surface area contributed by atoms with Crippen molar-refractivity contribution in [1.29, 1.82) is 0 Å². The predicted molar refractivity (Wildman–Crippen MR) is 101 cm³/mol. The number of hydrogen-bond acceptors (Lipinski definition) is 0. The molecule has 2 nitrogen and oxygen atoms in total. The monoisotopic (exact) mass is 372 g/mol. The van der Waals surface area contributed by atoms with Crippen LogP contribution in [-0.2, 0) is 19.4 Å². The van der Waals surface area contributed by atoms with Gasteiger partial charge in [-0.3, -0.25) is 0 Å². The van der Waals surface area contributed by atoms with E-state index in [9.17, 15) is 0 Å². The van der Waals surface area contributed by atoms with E-state index in [2.05, 4.69) is 31.4 Å². The van der Waals surface area contributed by atoms with Gasteiger partial charge in [-0.15, -0.1) is 0 Å². The van der Waals surface area contributed by atoms with Crippen LogP contribution in [0.1, 0.15) is 54.9 Å². The minimum absolute atomic E-state index is 0. The Kier molecular flexibility index (Phi) is 21.3. The Bertz CT molecular complexity index is 381. The van der Waals surface area contributed by atoms with Gasteiger partial charge in [0.25, 0.3) is 0 Å². The molecule has 2 aromatic rings. The molecule has 4 heteroatoms. The first kappa shape index (κ1) is 27.4. The molecular weight excluding hydrogens is 340 g/mol. The summed E-state index contributed by atoms with van der Waals surface area (Å²) in [5.74, 6) is 0. The van der Waals surface area contributed by atoms with Crippen molar-refractivity contribution in [3.8, 4) is 0 Å². The van der Waals surface area contributed by atoms with Crippen molar-refractivity contribution >= 4 is 9.30 Å². The maximum absolute atomic E-state index is 4.64. The van der Waals surface area contributed by atoms with Crippen LogP contribution in [-0.4, -0.2) is 4.98 Å². The summed E-state index contributed by atoms with van der Waals surface area (Å²) < 4.78 is 0. The van der Waals surface area contributed by atoms with Crippen LogP contribution in [0, 0.1) is 42.5 Å². The van der Waals surface area contributed by atoms with Crippen molar-refractivity contribution in [2.45, 2.75) is 59.8 Å². The van der Waals surface area contributed by atoms with Crippen molar-refractivity contribution in [2.24, 2.45) is 0 Å². The second-order valence-electron chi connectivity index (χ2n) is 5.32. The molecule has 2 heterocycles. The number of aryl methyl sites for hydroxylation is 4. The van der Waals surface area contributed by atoms with E-state index in [1.165, 1.54) is 62.9 Å². The van der Waals surface area contributed by atoms with E-state index in [1.54, 1.807) is 0 Å². The molecule has 0 amide bonds. The fourth-order valence-electron chi connectivity index (χ4n) is 2.12. The van der Waals surface area contributed by atoms with E-state index < -0.39 is 0 Å². The van der Waals surface area contributed by atoms with Crippen LogP contribution >= 0.6 is 9.30 Å². The third-order valence-electron chi connectivity index (χ3n) is 3.15. The van der Waals surface area contributed by atoms with Crippen LogP contribution in [0.25, 0.3) is 0 Å². The van der Waals surface area contributed by atoms with E-state index in [4.69, 9.17) is 0 Å². The van der Waals surface area contributed by atoms with Gasteiger partial charge in [0.15, 0.2) is 0 Å². The number of H-pyrrole nitrogens is 1. The average Bonchev–Trinajstić information content (AvgIpc) is 3.20. The molecule has 0 atom stereocenters. The zero-order chi connectivity index (χ0) is 16.1. The van der Waals surface area contributed by atoms with Crippen molar-refractivity contribution in [2.75, 3.05) is 0 Å². The molecule has 0 spiro atoms. The number of halogens is 1. The number of nitrogens with zero attached hydrogens (tertiary/aromatic N) is 1. The molecule has 0 radical (unpaired) electrons. The molecule has 0 bridgehead atoms. The summed E-state index contributed by atoms with van der Waals surface area (Å²) in [5, 5.41) is 0. The Labute approximate surface area is 160 Å². The quantitative estimate of drug-likeness (QED) is 0.419. The molecule has 1 aliphatic rings. The van der Waals surface area contributed by atoms with Gasteiger partial charge in [0.1, 0.15) is 0 Å². The summed E-state index contributed by atoms with van der Waals surface area (Å²) in [6.45, 7) is 8.08. The van der Waals surface area contributed by atoms with Crippen molar-refractivity contribution in [1.82, 2.24) is 9.97 Å². The van der Waals surface area contributed by atoms with E-state index in [1.807, 2.05) is 39.8 Å².